The quantitative estimate of drug-likeness (QED) is 0.823. The number of H-pyrrole nitrogens is 1. The first-order chi connectivity index (χ1) is 11.6. The minimum Gasteiger partial charge on any atom is -0.360 e. The molecule has 3 saturated heterocycles. The first kappa shape index (κ1) is 15.9. The van der Waals surface area contributed by atoms with Gasteiger partial charge >= 0.3 is 0 Å². The summed E-state index contributed by atoms with van der Waals surface area (Å²) in [6, 6.07) is 4.40. The van der Waals surface area contributed by atoms with Crippen molar-refractivity contribution in [3.05, 3.63) is 35.0 Å². The molecule has 2 bridgehead atoms. The van der Waals surface area contributed by atoms with Crippen LogP contribution in [-0.2, 0) is 6.42 Å². The number of hydrogen-bond donors (Lipinski definition) is 1. The molecule has 0 atom stereocenters. The summed E-state index contributed by atoms with van der Waals surface area (Å²) in [4.78, 5) is 18.7. The van der Waals surface area contributed by atoms with Crippen LogP contribution >= 0.6 is 0 Å². The normalized spacial score (nSPS) is 26.2. The van der Waals surface area contributed by atoms with E-state index in [2.05, 4.69) is 35.9 Å². The Balaban J connectivity index is 1.52. The Morgan fingerprint density at radius 2 is 1.92 bits per heavy atom. The van der Waals surface area contributed by atoms with Crippen molar-refractivity contribution in [3.63, 3.8) is 0 Å². The number of nitrogens with one attached hydrogen (secondary N) is 1. The number of Topliss-reactive ketones (excluding diaryl/α,β-unsaturated/α-hetero) is 1. The van der Waals surface area contributed by atoms with E-state index in [1.807, 2.05) is 6.20 Å². The van der Waals surface area contributed by atoms with Gasteiger partial charge in [-0.3, -0.25) is 4.79 Å². The van der Waals surface area contributed by atoms with Gasteiger partial charge in [0, 0.05) is 29.1 Å². The van der Waals surface area contributed by atoms with Crippen LogP contribution in [0.25, 0.3) is 10.9 Å². The predicted molar refractivity (Wildman–Crippen MR) is 98.7 cm³/mol. The molecular formula is C21H28N2O. The number of hydrogen-bond acceptors (Lipinski definition) is 2. The average Bonchev–Trinajstić information content (AvgIpc) is 3.03. The lowest BCUT2D eigenvalue weighted by Gasteiger charge is -2.48. The SMILES string of the molecule is CCc1cc2[nH]cc(C(=O)CCC34CCN(CC3)CC4)c2cc1C. The predicted octanol–water partition coefficient (Wildman–Crippen LogP) is 4.49. The van der Waals surface area contributed by atoms with Crippen molar-refractivity contribution in [3.8, 4) is 0 Å². The summed E-state index contributed by atoms with van der Waals surface area (Å²) in [6.07, 6.45) is 8.57. The molecule has 0 spiro atoms. The zero-order valence-electron chi connectivity index (χ0n) is 15.0. The minimum absolute atomic E-state index is 0.312. The van der Waals surface area contributed by atoms with Crippen LogP contribution in [0.1, 0.15) is 60.5 Å². The van der Waals surface area contributed by atoms with Crippen molar-refractivity contribution in [2.75, 3.05) is 19.6 Å². The molecular weight excluding hydrogens is 296 g/mol. The number of fused-ring (bicyclic) bond motifs is 4. The van der Waals surface area contributed by atoms with Gasteiger partial charge in [0.15, 0.2) is 5.78 Å². The maximum atomic E-state index is 12.9. The smallest absolute Gasteiger partial charge is 0.165 e. The second kappa shape index (κ2) is 6.03. The molecule has 5 rings (SSSR count). The topological polar surface area (TPSA) is 36.1 Å². The Bertz CT molecular complexity index is 752. The fraction of sp³-hybridized carbons (Fsp3) is 0.571. The van der Waals surface area contributed by atoms with Gasteiger partial charge in [-0.1, -0.05) is 6.92 Å². The highest BCUT2D eigenvalue weighted by atomic mass is 16.1. The second-order valence-electron chi connectivity index (χ2n) is 7.89. The molecule has 0 aliphatic carbocycles. The number of aryl methyl sites for hydroxylation is 2. The maximum absolute atomic E-state index is 12.9. The van der Waals surface area contributed by atoms with Crippen LogP contribution < -0.4 is 0 Å². The van der Waals surface area contributed by atoms with Gasteiger partial charge in [0.1, 0.15) is 0 Å². The van der Waals surface area contributed by atoms with Gasteiger partial charge in [-0.2, -0.15) is 0 Å². The Hall–Kier alpha value is -1.61. The van der Waals surface area contributed by atoms with Crippen molar-refractivity contribution in [1.82, 2.24) is 9.88 Å². The third kappa shape index (κ3) is 2.69. The Labute approximate surface area is 144 Å². The first-order valence-electron chi connectivity index (χ1n) is 9.46. The number of carbonyl (C=O) groups is 1. The lowest BCUT2D eigenvalue weighted by atomic mass is 9.69. The maximum Gasteiger partial charge on any atom is 0.165 e. The first-order valence-corrected chi connectivity index (χ1v) is 9.46. The largest absolute Gasteiger partial charge is 0.360 e. The third-order valence-electron chi connectivity index (χ3n) is 6.58. The van der Waals surface area contributed by atoms with Crippen LogP contribution in [0.2, 0.25) is 0 Å². The van der Waals surface area contributed by atoms with Crippen LogP contribution in [0, 0.1) is 12.3 Å². The number of carbonyl (C=O) groups excluding carboxylic acids is 1. The second-order valence-corrected chi connectivity index (χ2v) is 7.89. The number of aromatic nitrogens is 1. The van der Waals surface area contributed by atoms with Crippen molar-refractivity contribution in [1.29, 1.82) is 0 Å². The van der Waals surface area contributed by atoms with E-state index in [4.69, 9.17) is 0 Å². The molecule has 0 saturated carbocycles. The highest BCUT2D eigenvalue weighted by molar-refractivity contribution is 6.08. The van der Waals surface area contributed by atoms with Gasteiger partial charge in [0.05, 0.1) is 0 Å². The summed E-state index contributed by atoms with van der Waals surface area (Å²) >= 11 is 0. The zero-order valence-corrected chi connectivity index (χ0v) is 15.0. The molecule has 1 N–H and O–H groups in total. The molecule has 3 fully saturated rings. The van der Waals surface area contributed by atoms with Crippen molar-refractivity contribution >= 4 is 16.7 Å². The number of nitrogens with zero attached hydrogens (tertiary/aromatic N) is 1. The van der Waals surface area contributed by atoms with Crippen LogP contribution in [-0.4, -0.2) is 35.3 Å². The monoisotopic (exact) mass is 324 g/mol. The molecule has 3 aliphatic rings. The van der Waals surface area contributed by atoms with Gasteiger partial charge in [-0.25, -0.2) is 0 Å². The molecule has 0 amide bonds. The van der Waals surface area contributed by atoms with Crippen molar-refractivity contribution < 1.29 is 4.79 Å². The molecule has 3 heteroatoms. The van der Waals surface area contributed by atoms with Crippen LogP contribution in [0.15, 0.2) is 18.3 Å². The van der Waals surface area contributed by atoms with Gasteiger partial charge in [-0.05, 0) is 87.3 Å². The molecule has 1 aromatic heterocycles. The van der Waals surface area contributed by atoms with E-state index in [9.17, 15) is 4.79 Å². The summed E-state index contributed by atoms with van der Waals surface area (Å²) in [7, 11) is 0. The van der Waals surface area contributed by atoms with Crippen LogP contribution in [0.4, 0.5) is 0 Å². The number of benzene rings is 1. The molecule has 128 valence electrons. The number of rotatable bonds is 5. The lowest BCUT2D eigenvalue weighted by Crippen LogP contribution is -2.48. The summed E-state index contributed by atoms with van der Waals surface area (Å²) in [5, 5.41) is 1.10. The fourth-order valence-electron chi connectivity index (χ4n) is 4.72. The molecule has 0 unspecified atom stereocenters. The number of aromatic amines is 1. The standard InChI is InChI=1S/C21H28N2O/c1-3-16-13-19-17(12-15(16)2)18(14-22-19)20(24)4-5-21-6-9-23(10-7-21)11-8-21/h12-14,22H,3-11H2,1-2H3. The molecule has 3 nitrogen and oxygen atoms in total. The zero-order chi connectivity index (χ0) is 16.7. The van der Waals surface area contributed by atoms with E-state index >= 15 is 0 Å². The van der Waals surface area contributed by atoms with E-state index in [1.54, 1.807) is 0 Å². The summed E-state index contributed by atoms with van der Waals surface area (Å²) < 4.78 is 0. The van der Waals surface area contributed by atoms with E-state index in [0.717, 1.165) is 29.3 Å². The lowest BCUT2D eigenvalue weighted by molar-refractivity contribution is 0.0187. The molecule has 4 heterocycles. The Morgan fingerprint density at radius 3 is 2.58 bits per heavy atom. The van der Waals surface area contributed by atoms with E-state index in [-0.39, 0.29) is 0 Å². The van der Waals surface area contributed by atoms with Gasteiger partial charge in [0.2, 0.25) is 0 Å². The molecule has 3 aliphatic heterocycles. The molecule has 0 radical (unpaired) electrons. The molecule has 1 aromatic carbocycles. The van der Waals surface area contributed by atoms with E-state index in [0.29, 0.717) is 17.6 Å². The third-order valence-corrected chi connectivity index (χ3v) is 6.58. The highest BCUT2D eigenvalue weighted by Crippen LogP contribution is 2.44. The van der Waals surface area contributed by atoms with Crippen LogP contribution in [0.5, 0.6) is 0 Å². The Morgan fingerprint density at radius 1 is 1.21 bits per heavy atom. The van der Waals surface area contributed by atoms with Crippen molar-refractivity contribution in [2.45, 2.75) is 52.4 Å². The summed E-state index contributed by atoms with van der Waals surface area (Å²) in [5.74, 6) is 0.312. The number of piperidine rings is 3. The molecule has 24 heavy (non-hydrogen) atoms. The van der Waals surface area contributed by atoms with Gasteiger partial charge in [0.25, 0.3) is 0 Å². The highest BCUT2D eigenvalue weighted by Gasteiger charge is 2.39. The van der Waals surface area contributed by atoms with E-state index in [1.165, 1.54) is 50.0 Å². The number of ketones is 1. The summed E-state index contributed by atoms with van der Waals surface area (Å²) in [6.45, 7) is 8.03. The van der Waals surface area contributed by atoms with Crippen LogP contribution in [0.3, 0.4) is 0 Å². The summed E-state index contributed by atoms with van der Waals surface area (Å²) in [5.41, 5.74) is 5.08. The minimum atomic E-state index is 0.312. The van der Waals surface area contributed by atoms with Gasteiger partial charge in [-0.15, -0.1) is 0 Å². The average molecular weight is 324 g/mol. The fourth-order valence-corrected chi connectivity index (χ4v) is 4.72. The van der Waals surface area contributed by atoms with E-state index < -0.39 is 0 Å². The van der Waals surface area contributed by atoms with Gasteiger partial charge < -0.3 is 9.88 Å². The molecule has 2 aromatic rings. The Kier molecular flexibility index (Phi) is 4.00. The van der Waals surface area contributed by atoms with Crippen molar-refractivity contribution in [2.24, 2.45) is 5.41 Å².